The minimum absolute atomic E-state index is 0.264. The number of hydrogen-bond donors (Lipinski definition) is 0. The van der Waals surface area contributed by atoms with E-state index in [9.17, 15) is 4.39 Å². The van der Waals surface area contributed by atoms with Gasteiger partial charge in [0.2, 0.25) is 0 Å². The minimum Gasteiger partial charge on any atom is -0.307 e. The van der Waals surface area contributed by atoms with E-state index in [2.05, 4.69) is 10.2 Å². The molecule has 3 nitrogen and oxygen atoms in total. The predicted octanol–water partition coefficient (Wildman–Crippen LogP) is 3.16. The van der Waals surface area contributed by atoms with Crippen molar-refractivity contribution in [3.8, 4) is 11.4 Å². The zero-order valence-corrected chi connectivity index (χ0v) is 9.86. The first-order chi connectivity index (χ1) is 8.29. The summed E-state index contributed by atoms with van der Waals surface area (Å²) < 4.78 is 15.2. The Morgan fingerprint density at radius 3 is 2.82 bits per heavy atom. The van der Waals surface area contributed by atoms with E-state index >= 15 is 0 Å². The zero-order valence-electron chi connectivity index (χ0n) is 9.11. The Morgan fingerprint density at radius 2 is 2.18 bits per heavy atom. The van der Waals surface area contributed by atoms with Crippen LogP contribution in [0.15, 0.2) is 24.3 Å². The Hall–Kier alpha value is -1.42. The molecule has 0 radical (unpaired) electrons. The van der Waals surface area contributed by atoms with Crippen LogP contribution in [0.3, 0.4) is 0 Å². The smallest absolute Gasteiger partial charge is 0.164 e. The number of nitrogens with zero attached hydrogens (tertiary/aromatic N) is 3. The van der Waals surface area contributed by atoms with E-state index < -0.39 is 0 Å². The molecular weight excluding hydrogens is 241 g/mol. The summed E-state index contributed by atoms with van der Waals surface area (Å²) in [7, 11) is 0. The summed E-state index contributed by atoms with van der Waals surface area (Å²) in [5.41, 5.74) is 0.751. The molecule has 1 aromatic carbocycles. The van der Waals surface area contributed by atoms with Crippen molar-refractivity contribution in [2.75, 3.05) is 0 Å². The SMILES string of the molecule is Fc1cccc(-c2nnc(CCl)n2C2CC2)c1. The number of alkyl halides is 1. The first-order valence-electron chi connectivity index (χ1n) is 5.55. The quantitative estimate of drug-likeness (QED) is 0.785. The lowest BCUT2D eigenvalue weighted by Crippen LogP contribution is -2.02. The Bertz CT molecular complexity index is 548. The largest absolute Gasteiger partial charge is 0.307 e. The van der Waals surface area contributed by atoms with Gasteiger partial charge in [-0.2, -0.15) is 0 Å². The highest BCUT2D eigenvalue weighted by Gasteiger charge is 2.29. The summed E-state index contributed by atoms with van der Waals surface area (Å²) in [5, 5.41) is 8.18. The van der Waals surface area contributed by atoms with Crippen molar-refractivity contribution >= 4 is 11.6 Å². The van der Waals surface area contributed by atoms with Crippen molar-refractivity contribution in [3.05, 3.63) is 35.9 Å². The van der Waals surface area contributed by atoms with Gasteiger partial charge in [-0.1, -0.05) is 12.1 Å². The number of hydrogen-bond acceptors (Lipinski definition) is 2. The second-order valence-corrected chi connectivity index (χ2v) is 4.45. The summed E-state index contributed by atoms with van der Waals surface area (Å²) in [4.78, 5) is 0. The Balaban J connectivity index is 2.11. The molecule has 1 aromatic heterocycles. The van der Waals surface area contributed by atoms with E-state index in [1.54, 1.807) is 6.07 Å². The van der Waals surface area contributed by atoms with E-state index in [4.69, 9.17) is 11.6 Å². The van der Waals surface area contributed by atoms with Gasteiger partial charge in [0.25, 0.3) is 0 Å². The van der Waals surface area contributed by atoms with E-state index in [0.717, 1.165) is 24.2 Å². The fourth-order valence-corrected chi connectivity index (χ4v) is 2.14. The van der Waals surface area contributed by atoms with Crippen LogP contribution in [-0.2, 0) is 5.88 Å². The normalized spacial score (nSPS) is 15.2. The summed E-state index contributed by atoms with van der Waals surface area (Å²) in [6.07, 6.45) is 2.23. The first-order valence-corrected chi connectivity index (χ1v) is 6.08. The van der Waals surface area contributed by atoms with Crippen LogP contribution in [-0.4, -0.2) is 14.8 Å². The van der Waals surface area contributed by atoms with Gasteiger partial charge in [-0.15, -0.1) is 21.8 Å². The molecule has 17 heavy (non-hydrogen) atoms. The lowest BCUT2D eigenvalue weighted by molar-refractivity contribution is 0.627. The average Bonchev–Trinajstić information content (AvgIpc) is 3.08. The van der Waals surface area contributed by atoms with Crippen molar-refractivity contribution in [2.24, 2.45) is 0 Å². The molecule has 5 heteroatoms. The number of halogens is 2. The molecule has 0 atom stereocenters. The summed E-state index contributed by atoms with van der Waals surface area (Å²) in [5.74, 6) is 1.54. The lowest BCUT2D eigenvalue weighted by Gasteiger charge is -2.07. The fraction of sp³-hybridized carbons (Fsp3) is 0.333. The maximum absolute atomic E-state index is 13.2. The van der Waals surface area contributed by atoms with Crippen LogP contribution in [0.1, 0.15) is 24.7 Å². The summed E-state index contributed by atoms with van der Waals surface area (Å²) in [6.45, 7) is 0. The molecule has 0 aliphatic heterocycles. The molecule has 0 saturated heterocycles. The molecule has 0 spiro atoms. The molecule has 3 rings (SSSR count). The second kappa shape index (κ2) is 4.11. The van der Waals surface area contributed by atoms with E-state index in [-0.39, 0.29) is 5.82 Å². The Labute approximate surface area is 103 Å². The molecule has 1 fully saturated rings. The molecule has 0 bridgehead atoms. The Kier molecular flexibility index (Phi) is 2.59. The van der Waals surface area contributed by atoms with Gasteiger partial charge >= 0.3 is 0 Å². The fourth-order valence-electron chi connectivity index (χ4n) is 1.96. The number of benzene rings is 1. The minimum atomic E-state index is -0.264. The van der Waals surface area contributed by atoms with E-state index in [1.165, 1.54) is 12.1 Å². The molecule has 2 aromatic rings. The maximum atomic E-state index is 13.2. The molecule has 0 N–H and O–H groups in total. The number of rotatable bonds is 3. The molecule has 1 aliphatic carbocycles. The molecule has 1 heterocycles. The van der Waals surface area contributed by atoms with Gasteiger partial charge in [0.15, 0.2) is 5.82 Å². The van der Waals surface area contributed by atoms with Gasteiger partial charge in [-0.05, 0) is 25.0 Å². The van der Waals surface area contributed by atoms with Crippen molar-refractivity contribution in [2.45, 2.75) is 24.8 Å². The zero-order chi connectivity index (χ0) is 11.8. The van der Waals surface area contributed by atoms with Crippen LogP contribution in [0, 0.1) is 5.82 Å². The highest BCUT2D eigenvalue weighted by Crippen LogP contribution is 2.39. The van der Waals surface area contributed by atoms with Crippen LogP contribution in [0.5, 0.6) is 0 Å². The van der Waals surface area contributed by atoms with Gasteiger partial charge < -0.3 is 4.57 Å². The third kappa shape index (κ3) is 1.93. The molecular formula is C12H11ClFN3. The first kappa shape index (κ1) is 10.7. The third-order valence-electron chi connectivity index (χ3n) is 2.88. The second-order valence-electron chi connectivity index (χ2n) is 4.18. The van der Waals surface area contributed by atoms with Crippen LogP contribution < -0.4 is 0 Å². The van der Waals surface area contributed by atoms with Gasteiger partial charge in [-0.25, -0.2) is 4.39 Å². The highest BCUT2D eigenvalue weighted by atomic mass is 35.5. The van der Waals surface area contributed by atoms with Crippen LogP contribution in [0.2, 0.25) is 0 Å². The molecule has 0 unspecified atom stereocenters. The summed E-state index contributed by atoms with van der Waals surface area (Å²) >= 11 is 5.84. The standard InChI is InChI=1S/C12H11ClFN3/c13-7-11-15-16-12(17(11)10-4-5-10)8-2-1-3-9(14)6-8/h1-3,6,10H,4-5,7H2. The van der Waals surface area contributed by atoms with Crippen molar-refractivity contribution < 1.29 is 4.39 Å². The van der Waals surface area contributed by atoms with Gasteiger partial charge in [0.05, 0.1) is 5.88 Å². The van der Waals surface area contributed by atoms with Crippen molar-refractivity contribution in [3.63, 3.8) is 0 Å². The monoisotopic (exact) mass is 251 g/mol. The van der Waals surface area contributed by atoms with Crippen LogP contribution >= 0.6 is 11.6 Å². The van der Waals surface area contributed by atoms with Gasteiger partial charge in [0, 0.05) is 11.6 Å². The van der Waals surface area contributed by atoms with Gasteiger partial charge in [-0.3, -0.25) is 0 Å². The predicted molar refractivity (Wildman–Crippen MR) is 63.2 cm³/mol. The Morgan fingerprint density at radius 1 is 1.35 bits per heavy atom. The molecule has 1 saturated carbocycles. The van der Waals surface area contributed by atoms with Crippen LogP contribution in [0.25, 0.3) is 11.4 Å². The maximum Gasteiger partial charge on any atom is 0.164 e. The topological polar surface area (TPSA) is 30.7 Å². The van der Waals surface area contributed by atoms with E-state index in [0.29, 0.717) is 17.7 Å². The van der Waals surface area contributed by atoms with Gasteiger partial charge in [0.1, 0.15) is 11.6 Å². The van der Waals surface area contributed by atoms with Crippen molar-refractivity contribution in [1.82, 2.24) is 14.8 Å². The summed E-state index contributed by atoms with van der Waals surface area (Å²) in [6, 6.07) is 6.84. The third-order valence-corrected chi connectivity index (χ3v) is 3.12. The highest BCUT2D eigenvalue weighted by molar-refractivity contribution is 6.16. The molecule has 1 aliphatic rings. The van der Waals surface area contributed by atoms with E-state index in [1.807, 2.05) is 10.6 Å². The number of aromatic nitrogens is 3. The van der Waals surface area contributed by atoms with Crippen LogP contribution in [0.4, 0.5) is 4.39 Å². The van der Waals surface area contributed by atoms with Crippen molar-refractivity contribution in [1.29, 1.82) is 0 Å². The average molecular weight is 252 g/mol. The molecule has 0 amide bonds. The lowest BCUT2D eigenvalue weighted by atomic mass is 10.2. The molecule has 88 valence electrons.